The minimum Gasteiger partial charge on any atom is -0.478 e. The second-order valence-electron chi connectivity index (χ2n) is 25.4. The number of aliphatic imine (C=N–C) groups is 2. The maximum atomic E-state index is 14.2. The van der Waals surface area contributed by atoms with E-state index in [0.717, 1.165) is 22.5 Å². The van der Waals surface area contributed by atoms with Crippen molar-refractivity contribution < 1.29 is 56.9 Å². The van der Waals surface area contributed by atoms with Crippen LogP contribution in [0.1, 0.15) is 83.8 Å². The number of aromatic carboxylic acids is 1. The molecule has 3 N–H and O–H groups in total. The first-order valence-electron chi connectivity index (χ1n) is 33.1. The number of rotatable bonds is 20. The second-order valence-corrected chi connectivity index (χ2v) is 29.7. The highest BCUT2D eigenvalue weighted by molar-refractivity contribution is 9.10. The largest absolute Gasteiger partial charge is 0.478 e. The Morgan fingerprint density at radius 2 is 1.15 bits per heavy atom. The molecule has 3 aromatic heterocycles. The number of thiazole rings is 3. The minimum absolute atomic E-state index is 0.0820. The van der Waals surface area contributed by atoms with Crippen molar-refractivity contribution in [3.63, 3.8) is 0 Å². The molecule has 23 nitrogen and oxygen atoms in total. The highest BCUT2D eigenvalue weighted by Crippen LogP contribution is 2.41. The summed E-state index contributed by atoms with van der Waals surface area (Å²) in [5.74, 6) is -0.731. The van der Waals surface area contributed by atoms with Crippen LogP contribution in [0.15, 0.2) is 179 Å². The van der Waals surface area contributed by atoms with Crippen molar-refractivity contribution in [2.45, 2.75) is 64.2 Å². The third-order valence-corrected chi connectivity index (χ3v) is 22.4. The van der Waals surface area contributed by atoms with Gasteiger partial charge in [0.1, 0.15) is 41.0 Å². The average Bonchev–Trinajstić information content (AvgIpc) is 1.69. The lowest BCUT2D eigenvalue weighted by Gasteiger charge is -2.38. The van der Waals surface area contributed by atoms with Crippen molar-refractivity contribution in [2.24, 2.45) is 9.98 Å². The highest BCUT2D eigenvalue weighted by Gasteiger charge is 2.45. The molecule has 4 saturated heterocycles. The third-order valence-electron chi connectivity index (χ3n) is 18.6. The summed E-state index contributed by atoms with van der Waals surface area (Å²) in [6.07, 6.45) is 3.37. The fourth-order valence-electron chi connectivity index (χ4n) is 13.1. The lowest BCUT2D eigenvalue weighted by Crippen LogP contribution is -2.53. The number of piperazine rings is 2. The molecule has 9 heterocycles. The number of anilines is 2. The predicted molar refractivity (Wildman–Crippen MR) is 395 cm³/mol. The van der Waals surface area contributed by atoms with E-state index in [1.54, 1.807) is 79.4 Å². The van der Waals surface area contributed by atoms with Crippen LogP contribution in [0.3, 0.4) is 0 Å². The van der Waals surface area contributed by atoms with Gasteiger partial charge in [-0.1, -0.05) is 62.2 Å². The topological polar surface area (TPSA) is 257 Å². The van der Waals surface area contributed by atoms with Crippen molar-refractivity contribution in [1.29, 1.82) is 0 Å². The number of ketones is 1. The van der Waals surface area contributed by atoms with Crippen LogP contribution in [0, 0.1) is 11.6 Å². The zero-order chi connectivity index (χ0) is 72.4. The maximum Gasteiger partial charge on any atom is 0.338 e. The molecule has 4 fully saturated rings. The summed E-state index contributed by atoms with van der Waals surface area (Å²) in [5.41, 5.74) is 5.97. The van der Waals surface area contributed by atoms with Gasteiger partial charge in [0.25, 0.3) is 0 Å². The molecule has 8 aromatic rings. The van der Waals surface area contributed by atoms with E-state index in [-0.39, 0.29) is 48.7 Å². The van der Waals surface area contributed by atoms with Crippen LogP contribution < -0.4 is 25.2 Å². The van der Waals surface area contributed by atoms with E-state index in [9.17, 15) is 37.5 Å². The Bertz CT molecular complexity index is 4710. The van der Waals surface area contributed by atoms with Gasteiger partial charge in [0.15, 0.2) is 26.8 Å². The summed E-state index contributed by atoms with van der Waals surface area (Å²) < 4.78 is 46.2. The standard InChI is InChI=1S/C37H37BrFN7O4S2.C36H32BrFN6O6S/c1-5-50-34(48)30-28(41-32(33-40-11-14-51-33)43-31(30)26-10-9-24(39)16-27(26)38)19-44-12-13-45-25(17-44)18-46(36(45)49)35-42-29(20-52-35)22-7-6-8-23(15-22)37(3,4)21(2)47;1-2-49-35(47)30-29(40-32(33-39-13-16-51-33)41-31(30)27-12-5-22(38)17-28(27)37)20-42-14-15-43-24(18-42)19-44(36(43)48)23-6-10-26(11-7-23)50-25-8-3-21(4-9-25)34(45)46/h6-11,14-16,20,25,31H,5,12-13,17-19H2,1-4H3,(H,41,43);3-13,16-17,24,31H,2,14-15,18-20H2,1H3,(H,40,41)(H,45,46)/t25-,31-;24?,31-/m00/s1. The van der Waals surface area contributed by atoms with Gasteiger partial charge >= 0.3 is 30.0 Å². The molecule has 30 heteroatoms. The zero-order valence-electron chi connectivity index (χ0n) is 56.4. The first-order chi connectivity index (χ1) is 49.6. The summed E-state index contributed by atoms with van der Waals surface area (Å²) in [4.78, 5) is 113. The third kappa shape index (κ3) is 15.5. The number of amidine groups is 2. The number of carboxylic acids is 1. The van der Waals surface area contributed by atoms with Gasteiger partial charge in [0, 0.05) is 124 Å². The zero-order valence-corrected chi connectivity index (χ0v) is 62.0. The Kier molecular flexibility index (Phi) is 21.6. The Hall–Kier alpha value is -9.43. The van der Waals surface area contributed by atoms with Crippen molar-refractivity contribution in [3.05, 3.63) is 213 Å². The molecule has 0 aliphatic carbocycles. The summed E-state index contributed by atoms with van der Waals surface area (Å²) in [6, 6.07) is 27.9. The van der Waals surface area contributed by atoms with Gasteiger partial charge in [0.2, 0.25) is 0 Å². The number of ether oxygens (including phenoxy) is 3. The number of carbonyl (C=O) groups is 6. The number of Topliss-reactive ketones (excluding diaryl/α,β-unsaturated/α-hetero) is 1. The first-order valence-corrected chi connectivity index (χ1v) is 37.3. The summed E-state index contributed by atoms with van der Waals surface area (Å²) in [6.45, 7) is 14.2. The molecule has 6 aliphatic heterocycles. The highest BCUT2D eigenvalue weighted by atomic mass is 79.9. The van der Waals surface area contributed by atoms with Crippen LogP contribution in [0.2, 0.25) is 0 Å². The van der Waals surface area contributed by atoms with Gasteiger partial charge in [-0.3, -0.25) is 34.4 Å². The molecule has 4 atom stereocenters. The number of hydrogen-bond acceptors (Lipinski definition) is 21. The summed E-state index contributed by atoms with van der Waals surface area (Å²) in [5, 5.41) is 23.5. The number of nitrogens with zero attached hydrogens (tertiary/aromatic N) is 11. The van der Waals surface area contributed by atoms with Crippen molar-refractivity contribution in [1.82, 2.24) is 45.2 Å². The first kappa shape index (κ1) is 71.9. The fourth-order valence-corrected chi connectivity index (χ4v) is 16.2. The molecule has 103 heavy (non-hydrogen) atoms. The predicted octanol–water partition coefficient (Wildman–Crippen LogP) is 12.6. The van der Waals surface area contributed by atoms with Gasteiger partial charge in [-0.2, -0.15) is 0 Å². The molecule has 0 spiro atoms. The number of halogens is 4. The van der Waals surface area contributed by atoms with Gasteiger partial charge in [0.05, 0.1) is 54.2 Å². The van der Waals surface area contributed by atoms with Crippen LogP contribution in [0.25, 0.3) is 11.3 Å². The average molecular weight is 1580 g/mol. The maximum absolute atomic E-state index is 14.2. The Labute approximate surface area is 620 Å². The number of benzene rings is 5. The Balaban J connectivity index is 0.000000183. The summed E-state index contributed by atoms with van der Waals surface area (Å²) >= 11 is 11.2. The van der Waals surface area contributed by atoms with Crippen LogP contribution >= 0.6 is 65.9 Å². The number of esters is 2. The molecule has 14 rings (SSSR count). The molecule has 1 unspecified atom stereocenters. The number of aromatic nitrogens is 3. The quantitative estimate of drug-likeness (QED) is 0.0599. The van der Waals surface area contributed by atoms with E-state index in [4.69, 9.17) is 34.3 Å². The van der Waals surface area contributed by atoms with Crippen molar-refractivity contribution in [2.75, 3.05) is 88.5 Å². The van der Waals surface area contributed by atoms with Gasteiger partial charge in [-0.15, -0.1) is 34.0 Å². The second kappa shape index (κ2) is 30.9. The van der Waals surface area contributed by atoms with Gasteiger partial charge in [-0.05, 0) is 130 Å². The molecule has 532 valence electrons. The van der Waals surface area contributed by atoms with Gasteiger partial charge in [-0.25, -0.2) is 47.7 Å². The lowest BCUT2D eigenvalue weighted by molar-refractivity contribution is -0.139. The molecule has 6 aliphatic rings. The molecule has 0 saturated carbocycles. The van der Waals surface area contributed by atoms with Crippen molar-refractivity contribution in [3.8, 4) is 22.8 Å². The van der Waals surface area contributed by atoms with Crippen molar-refractivity contribution >= 4 is 124 Å². The van der Waals surface area contributed by atoms with E-state index in [2.05, 4.69) is 62.3 Å². The van der Waals surface area contributed by atoms with Crippen LogP contribution in [-0.4, -0.2) is 178 Å². The minimum atomic E-state index is -1.01. The SMILES string of the molecule is CCOC(=O)C1=C(CN2CCN3C(=O)N(c4ccc(Oc5ccc(C(=O)O)cc5)cc4)CC3C2)NC(c2nccs2)=N[C@H]1c1ccc(F)cc1Br.CCOC(=O)C1=C(CN2CCN3C(=O)N(c4nc(-c5cccc(C(C)(C)C(C)=O)c5)cs4)C[C@@H]3C2)NC(c2nccs2)=N[C@H]1c1ccc(F)cc1Br. The number of carbonyl (C=O) groups excluding carboxylic acids is 5. The molecule has 0 bridgehead atoms. The van der Waals surface area contributed by atoms with E-state index >= 15 is 0 Å². The normalized spacial score (nSPS) is 19.2. The number of fused-ring (bicyclic) bond motifs is 2. The van der Waals surface area contributed by atoms with Crippen LogP contribution in [0.4, 0.5) is 29.2 Å². The summed E-state index contributed by atoms with van der Waals surface area (Å²) in [7, 11) is 0. The monoisotopic (exact) mass is 1580 g/mol. The Morgan fingerprint density at radius 1 is 0.641 bits per heavy atom. The molecule has 4 amide bonds. The fraction of sp³-hybridized carbons (Fsp3) is 0.301. The van der Waals surface area contributed by atoms with E-state index < -0.39 is 47.0 Å². The molecular weight excluding hydrogens is 1510 g/mol. The van der Waals surface area contributed by atoms with Crippen LogP contribution in [-0.2, 0) is 29.3 Å². The lowest BCUT2D eigenvalue weighted by atomic mass is 9.80. The number of amides is 4. The van der Waals surface area contributed by atoms with E-state index in [1.165, 1.54) is 70.4 Å². The van der Waals surface area contributed by atoms with Gasteiger partial charge < -0.3 is 39.8 Å². The molecule has 5 aromatic carbocycles. The van der Waals surface area contributed by atoms with E-state index in [0.29, 0.717) is 146 Å². The number of hydrogen-bond donors (Lipinski definition) is 3. The molecule has 0 radical (unpaired) electrons. The van der Waals surface area contributed by atoms with Crippen LogP contribution in [0.5, 0.6) is 11.5 Å². The smallest absolute Gasteiger partial charge is 0.338 e. The number of nitrogens with one attached hydrogen (secondary N) is 2. The molecular formula is C73H69Br2F2N13O10S3. The Morgan fingerprint density at radius 3 is 1.62 bits per heavy atom. The number of carboxylic acid groups (broad SMARTS) is 1. The number of urea groups is 2. The van der Waals surface area contributed by atoms with E-state index in [1.807, 2.05) is 76.2 Å².